The molecular formula is C25H26N4O5S. The van der Waals surface area contributed by atoms with Gasteiger partial charge in [-0.05, 0) is 66.6 Å². The molecule has 0 saturated heterocycles. The fourth-order valence-corrected chi connectivity index (χ4v) is 3.96. The number of nitrogens with two attached hydrogens (primary N) is 1. The lowest BCUT2D eigenvalue weighted by Gasteiger charge is -2.22. The first-order valence-electron chi connectivity index (χ1n) is 10.6. The van der Waals surface area contributed by atoms with Crippen LogP contribution in [0.5, 0.6) is 5.75 Å². The van der Waals surface area contributed by atoms with E-state index >= 15 is 0 Å². The number of aryl methyl sites for hydroxylation is 1. The summed E-state index contributed by atoms with van der Waals surface area (Å²) in [6, 6.07) is 20.6. The first-order chi connectivity index (χ1) is 16.6. The number of hydrogen-bond acceptors (Lipinski definition) is 6. The van der Waals surface area contributed by atoms with Gasteiger partial charge in [-0.15, -0.1) is 0 Å². The van der Waals surface area contributed by atoms with Gasteiger partial charge in [-0.1, -0.05) is 29.8 Å². The van der Waals surface area contributed by atoms with E-state index in [1.54, 1.807) is 48.5 Å². The average Bonchev–Trinajstić information content (AvgIpc) is 2.82. The summed E-state index contributed by atoms with van der Waals surface area (Å²) in [4.78, 5) is 23.2. The lowest BCUT2D eigenvalue weighted by molar-refractivity contribution is -0.119. The number of carbonyl (C=O) groups is 2. The zero-order chi connectivity index (χ0) is 25.4. The Morgan fingerprint density at radius 1 is 1.00 bits per heavy atom. The highest BCUT2D eigenvalue weighted by Crippen LogP contribution is 2.21. The Bertz CT molecular complexity index is 1300. The quantitative estimate of drug-likeness (QED) is 0.330. The van der Waals surface area contributed by atoms with Gasteiger partial charge in [-0.3, -0.25) is 13.9 Å². The van der Waals surface area contributed by atoms with E-state index in [1.165, 1.54) is 10.5 Å². The van der Waals surface area contributed by atoms with Crippen molar-refractivity contribution in [2.75, 3.05) is 17.2 Å². The molecule has 3 aromatic carbocycles. The summed E-state index contributed by atoms with van der Waals surface area (Å²) in [5, 5.41) is 3.94. The summed E-state index contributed by atoms with van der Waals surface area (Å²) in [6.07, 6.45) is 2.60. The molecule has 182 valence electrons. The molecule has 35 heavy (non-hydrogen) atoms. The Balaban J connectivity index is 1.63. The van der Waals surface area contributed by atoms with Crippen LogP contribution in [0.4, 0.5) is 5.69 Å². The van der Waals surface area contributed by atoms with Gasteiger partial charge in [0.2, 0.25) is 10.0 Å². The smallest absolute Gasteiger partial charge is 0.271 e. The molecule has 0 spiro atoms. The van der Waals surface area contributed by atoms with Crippen LogP contribution in [0.3, 0.4) is 0 Å². The number of anilines is 1. The van der Waals surface area contributed by atoms with Crippen molar-refractivity contribution < 1.29 is 22.7 Å². The lowest BCUT2D eigenvalue weighted by Crippen LogP contribution is -2.29. The van der Waals surface area contributed by atoms with Crippen LogP contribution >= 0.6 is 0 Å². The summed E-state index contributed by atoms with van der Waals surface area (Å²) < 4.78 is 31.2. The van der Waals surface area contributed by atoms with E-state index < -0.39 is 21.8 Å². The van der Waals surface area contributed by atoms with E-state index in [9.17, 15) is 18.0 Å². The summed E-state index contributed by atoms with van der Waals surface area (Å²) in [5.41, 5.74) is 10.9. The van der Waals surface area contributed by atoms with Crippen LogP contribution in [0, 0.1) is 6.92 Å². The molecule has 0 bridgehead atoms. The first kappa shape index (κ1) is 25.4. The van der Waals surface area contributed by atoms with Crippen LogP contribution in [-0.2, 0) is 21.4 Å². The van der Waals surface area contributed by atoms with Crippen molar-refractivity contribution in [2.24, 2.45) is 10.8 Å². The van der Waals surface area contributed by atoms with Crippen molar-refractivity contribution in [1.29, 1.82) is 0 Å². The van der Waals surface area contributed by atoms with Crippen LogP contribution in [0.1, 0.15) is 27.0 Å². The average molecular weight is 495 g/mol. The maximum absolute atomic E-state index is 12.4. The van der Waals surface area contributed by atoms with Crippen LogP contribution in [-0.4, -0.2) is 39.3 Å². The number of nitrogens with one attached hydrogen (secondary N) is 1. The van der Waals surface area contributed by atoms with Crippen molar-refractivity contribution in [3.05, 3.63) is 95.1 Å². The number of rotatable bonds is 10. The number of benzene rings is 3. The predicted octanol–water partition coefficient (Wildman–Crippen LogP) is 2.59. The third-order valence-corrected chi connectivity index (χ3v) is 6.05. The molecule has 0 radical (unpaired) electrons. The van der Waals surface area contributed by atoms with Gasteiger partial charge in [0.05, 0.1) is 24.7 Å². The van der Waals surface area contributed by atoms with Crippen LogP contribution < -0.4 is 20.2 Å². The highest BCUT2D eigenvalue weighted by atomic mass is 32.2. The van der Waals surface area contributed by atoms with Gasteiger partial charge >= 0.3 is 0 Å². The van der Waals surface area contributed by atoms with E-state index in [2.05, 4.69) is 10.5 Å². The molecule has 9 nitrogen and oxygen atoms in total. The Morgan fingerprint density at radius 3 is 2.20 bits per heavy atom. The number of hydrogen-bond donors (Lipinski definition) is 2. The Morgan fingerprint density at radius 2 is 1.63 bits per heavy atom. The number of hydrazone groups is 1. The molecule has 0 aliphatic rings. The zero-order valence-corrected chi connectivity index (χ0v) is 20.2. The van der Waals surface area contributed by atoms with Crippen molar-refractivity contribution in [3.63, 3.8) is 0 Å². The summed E-state index contributed by atoms with van der Waals surface area (Å²) in [6.45, 7) is 1.93. The Hall–Kier alpha value is -4.18. The fourth-order valence-electron chi connectivity index (χ4n) is 3.07. The van der Waals surface area contributed by atoms with Crippen molar-refractivity contribution in [3.8, 4) is 5.75 Å². The second-order valence-corrected chi connectivity index (χ2v) is 9.73. The monoisotopic (exact) mass is 494 g/mol. The topological polar surface area (TPSA) is 131 Å². The molecule has 0 aromatic heterocycles. The molecule has 3 N–H and O–H groups in total. The Labute approximate surface area is 204 Å². The minimum absolute atomic E-state index is 0.182. The number of ether oxygens (including phenoxy) is 1. The van der Waals surface area contributed by atoms with E-state index in [4.69, 9.17) is 10.5 Å². The van der Waals surface area contributed by atoms with Gasteiger partial charge < -0.3 is 10.5 Å². The minimum Gasteiger partial charge on any atom is -0.484 e. The minimum atomic E-state index is -3.54. The number of carbonyl (C=O) groups excluding carboxylic acids is 2. The summed E-state index contributed by atoms with van der Waals surface area (Å²) in [7, 11) is -3.54. The largest absolute Gasteiger partial charge is 0.484 e. The van der Waals surface area contributed by atoms with E-state index in [0.717, 1.165) is 17.4 Å². The molecule has 0 aliphatic carbocycles. The maximum atomic E-state index is 12.4. The molecule has 0 atom stereocenters. The number of nitrogens with zero attached hydrogens (tertiary/aromatic N) is 2. The molecule has 0 heterocycles. The molecule has 0 saturated carbocycles. The van der Waals surface area contributed by atoms with Gasteiger partial charge in [0.1, 0.15) is 5.75 Å². The molecule has 3 aromatic rings. The Kier molecular flexibility index (Phi) is 8.21. The lowest BCUT2D eigenvalue weighted by atomic mass is 10.1. The van der Waals surface area contributed by atoms with Crippen molar-refractivity contribution in [2.45, 2.75) is 13.5 Å². The fraction of sp³-hybridized carbons (Fsp3) is 0.160. The van der Waals surface area contributed by atoms with Crippen LogP contribution in [0.25, 0.3) is 0 Å². The number of primary amides is 1. The van der Waals surface area contributed by atoms with E-state index in [-0.39, 0.29) is 13.2 Å². The van der Waals surface area contributed by atoms with Crippen LogP contribution in [0.2, 0.25) is 0 Å². The van der Waals surface area contributed by atoms with Gasteiger partial charge in [0.15, 0.2) is 6.61 Å². The molecular weight excluding hydrogens is 468 g/mol. The maximum Gasteiger partial charge on any atom is 0.271 e. The number of amides is 2. The highest BCUT2D eigenvalue weighted by Gasteiger charge is 2.18. The van der Waals surface area contributed by atoms with Gasteiger partial charge in [-0.2, -0.15) is 5.10 Å². The van der Waals surface area contributed by atoms with Crippen molar-refractivity contribution >= 4 is 33.7 Å². The molecule has 0 aliphatic heterocycles. The second-order valence-electron chi connectivity index (χ2n) is 7.83. The van der Waals surface area contributed by atoms with E-state index in [1.807, 2.05) is 31.2 Å². The molecule has 0 unspecified atom stereocenters. The first-order valence-corrected chi connectivity index (χ1v) is 12.4. The second kappa shape index (κ2) is 11.3. The van der Waals surface area contributed by atoms with Gasteiger partial charge in [0, 0.05) is 5.56 Å². The highest BCUT2D eigenvalue weighted by molar-refractivity contribution is 7.92. The standard InChI is InChI=1S/C25H26N4O5S/c1-18-3-5-20(6-4-18)16-29(35(2,32)33)22-11-9-21(10-12-22)25(31)28-27-15-19-7-13-23(14-8-19)34-17-24(26)30/h3-15H,16-17H2,1-2H3,(H2,26,30)(H,28,31)/b27-15-. The number of sulfonamides is 1. The van der Waals surface area contributed by atoms with Gasteiger partial charge in [0.25, 0.3) is 11.8 Å². The third kappa shape index (κ3) is 7.68. The molecule has 10 heteroatoms. The van der Waals surface area contributed by atoms with Crippen LogP contribution in [0.15, 0.2) is 77.9 Å². The van der Waals surface area contributed by atoms with Gasteiger partial charge in [-0.25, -0.2) is 13.8 Å². The van der Waals surface area contributed by atoms with Crippen molar-refractivity contribution in [1.82, 2.24) is 5.43 Å². The zero-order valence-electron chi connectivity index (χ0n) is 19.3. The third-order valence-electron chi connectivity index (χ3n) is 4.91. The molecule has 2 amide bonds. The summed E-state index contributed by atoms with van der Waals surface area (Å²) in [5.74, 6) is -0.532. The molecule has 3 rings (SSSR count). The summed E-state index contributed by atoms with van der Waals surface area (Å²) >= 11 is 0. The molecule has 0 fully saturated rings. The SMILES string of the molecule is Cc1ccc(CN(c2ccc(C(=O)N/N=C\c3ccc(OCC(N)=O)cc3)cc2)S(C)(=O)=O)cc1. The predicted molar refractivity (Wildman–Crippen MR) is 135 cm³/mol. The normalized spacial score (nSPS) is 11.3. The van der Waals surface area contributed by atoms with E-state index in [0.29, 0.717) is 22.6 Å².